The minimum atomic E-state index is -0.369. The number of hydrogen-bond donors (Lipinski definition) is 3. The molecule has 0 aliphatic carbocycles. The highest BCUT2D eigenvalue weighted by Gasteiger charge is 2.13. The Morgan fingerprint density at radius 3 is 2.74 bits per heavy atom. The fourth-order valence-corrected chi connectivity index (χ4v) is 2.71. The van der Waals surface area contributed by atoms with Crippen LogP contribution in [0.1, 0.15) is 26.5 Å². The van der Waals surface area contributed by atoms with Crippen LogP contribution in [0.15, 0.2) is 65.4 Å². The molecule has 2 heterocycles. The van der Waals surface area contributed by atoms with Crippen molar-refractivity contribution in [1.82, 2.24) is 10.2 Å². The van der Waals surface area contributed by atoms with Crippen LogP contribution in [0.2, 0.25) is 0 Å². The van der Waals surface area contributed by atoms with Crippen molar-refractivity contribution >= 4 is 34.1 Å². The number of aromatic amines is 1. The molecule has 3 N–H and O–H groups in total. The van der Waals surface area contributed by atoms with Gasteiger partial charge in [0, 0.05) is 22.3 Å². The number of rotatable bonds is 4. The monoisotopic (exact) mass is 360 g/mol. The Morgan fingerprint density at radius 2 is 1.93 bits per heavy atom. The van der Waals surface area contributed by atoms with Gasteiger partial charge in [-0.3, -0.25) is 14.7 Å². The first-order valence-electron chi connectivity index (χ1n) is 8.30. The summed E-state index contributed by atoms with van der Waals surface area (Å²) in [6.45, 7) is 1.85. The van der Waals surface area contributed by atoms with Gasteiger partial charge < -0.3 is 15.1 Å². The number of aryl methyl sites for hydroxylation is 1. The average Bonchev–Trinajstić information content (AvgIpc) is 3.34. The molecule has 0 radical (unpaired) electrons. The summed E-state index contributed by atoms with van der Waals surface area (Å²) in [6, 6.07) is 13.8. The van der Waals surface area contributed by atoms with E-state index in [0.29, 0.717) is 16.9 Å². The Hall–Kier alpha value is -3.87. The zero-order valence-corrected chi connectivity index (χ0v) is 14.4. The summed E-state index contributed by atoms with van der Waals surface area (Å²) in [5.74, 6) is -0.435. The molecule has 0 unspecified atom stereocenters. The minimum Gasteiger partial charge on any atom is -0.459 e. The molecule has 2 amide bonds. The number of carbonyl (C=O) groups is 2. The van der Waals surface area contributed by atoms with Crippen LogP contribution in [0.5, 0.6) is 0 Å². The van der Waals surface area contributed by atoms with Gasteiger partial charge in [0.25, 0.3) is 11.8 Å². The molecular weight excluding hydrogens is 344 g/mol. The third kappa shape index (κ3) is 3.43. The van der Waals surface area contributed by atoms with E-state index in [1.807, 2.05) is 19.1 Å². The molecule has 0 fully saturated rings. The predicted octanol–water partition coefficient (Wildman–Crippen LogP) is 3.97. The lowest BCUT2D eigenvalue weighted by Gasteiger charge is -2.10. The molecule has 0 spiro atoms. The first kappa shape index (κ1) is 16.6. The van der Waals surface area contributed by atoms with Crippen LogP contribution in [0.4, 0.5) is 11.4 Å². The lowest BCUT2D eigenvalue weighted by molar-refractivity contribution is 0.0993. The zero-order chi connectivity index (χ0) is 18.8. The number of anilines is 2. The van der Waals surface area contributed by atoms with Crippen molar-refractivity contribution in [3.05, 3.63) is 77.9 Å². The van der Waals surface area contributed by atoms with Gasteiger partial charge in [-0.1, -0.05) is 6.07 Å². The van der Waals surface area contributed by atoms with Crippen LogP contribution < -0.4 is 10.6 Å². The van der Waals surface area contributed by atoms with E-state index in [-0.39, 0.29) is 17.6 Å². The lowest BCUT2D eigenvalue weighted by Crippen LogP contribution is -2.15. The number of nitrogens with zero attached hydrogens (tertiary/aromatic N) is 1. The van der Waals surface area contributed by atoms with Crippen LogP contribution in [0, 0.1) is 6.92 Å². The topological polar surface area (TPSA) is 100 Å². The second-order valence-corrected chi connectivity index (χ2v) is 6.09. The highest BCUT2D eigenvalue weighted by atomic mass is 16.3. The van der Waals surface area contributed by atoms with Crippen LogP contribution in [0.3, 0.4) is 0 Å². The van der Waals surface area contributed by atoms with Crippen molar-refractivity contribution in [2.45, 2.75) is 6.92 Å². The van der Waals surface area contributed by atoms with Gasteiger partial charge >= 0.3 is 0 Å². The summed E-state index contributed by atoms with van der Waals surface area (Å²) < 4.78 is 5.09. The van der Waals surface area contributed by atoms with E-state index in [4.69, 9.17) is 4.42 Å². The summed E-state index contributed by atoms with van der Waals surface area (Å²) in [7, 11) is 0. The molecule has 27 heavy (non-hydrogen) atoms. The molecule has 4 aromatic rings. The number of amides is 2. The number of carbonyl (C=O) groups excluding carboxylic acids is 2. The van der Waals surface area contributed by atoms with Gasteiger partial charge in [0.05, 0.1) is 18.0 Å². The van der Waals surface area contributed by atoms with Gasteiger partial charge in [0.1, 0.15) is 0 Å². The smallest absolute Gasteiger partial charge is 0.291 e. The van der Waals surface area contributed by atoms with E-state index >= 15 is 0 Å². The molecule has 0 aliphatic heterocycles. The molecule has 4 rings (SSSR count). The van der Waals surface area contributed by atoms with E-state index < -0.39 is 0 Å². The Kier molecular flexibility index (Phi) is 4.18. The molecule has 2 aromatic carbocycles. The van der Waals surface area contributed by atoms with Crippen molar-refractivity contribution in [2.75, 3.05) is 10.6 Å². The predicted molar refractivity (Wildman–Crippen MR) is 102 cm³/mol. The maximum absolute atomic E-state index is 12.6. The summed E-state index contributed by atoms with van der Waals surface area (Å²) in [5.41, 5.74) is 3.38. The molecule has 7 heteroatoms. The molecule has 0 aliphatic rings. The Labute approximate surface area is 154 Å². The molecule has 0 saturated carbocycles. The van der Waals surface area contributed by atoms with E-state index in [2.05, 4.69) is 20.8 Å². The maximum Gasteiger partial charge on any atom is 0.291 e. The second kappa shape index (κ2) is 6.80. The summed E-state index contributed by atoms with van der Waals surface area (Å²) in [6.07, 6.45) is 3.13. The summed E-state index contributed by atoms with van der Waals surface area (Å²) in [5, 5.41) is 13.4. The minimum absolute atomic E-state index is 0.206. The zero-order valence-electron chi connectivity index (χ0n) is 14.4. The second-order valence-electron chi connectivity index (χ2n) is 6.09. The Balaban J connectivity index is 1.54. The standard InChI is InChI=1S/C20H16N4O3/c1-12-4-5-13(10-17(12)23-20(26)18-3-2-8-27-18)19(25)22-15-6-7-16-14(9-15)11-21-24-16/h2-11H,1H3,(H,21,24)(H,22,25)(H,23,26). The lowest BCUT2D eigenvalue weighted by atomic mass is 10.1. The van der Waals surface area contributed by atoms with Gasteiger partial charge in [-0.2, -0.15) is 5.10 Å². The van der Waals surface area contributed by atoms with Gasteiger partial charge in [-0.05, 0) is 55.0 Å². The number of furan rings is 1. The molecule has 0 atom stereocenters. The van der Waals surface area contributed by atoms with Crippen molar-refractivity contribution in [2.24, 2.45) is 0 Å². The van der Waals surface area contributed by atoms with Crippen molar-refractivity contribution in [3.63, 3.8) is 0 Å². The SMILES string of the molecule is Cc1ccc(C(=O)Nc2ccc3[nH]ncc3c2)cc1NC(=O)c1ccco1. The van der Waals surface area contributed by atoms with Gasteiger partial charge in [0.2, 0.25) is 0 Å². The largest absolute Gasteiger partial charge is 0.459 e. The highest BCUT2D eigenvalue weighted by molar-refractivity contribution is 6.07. The van der Waals surface area contributed by atoms with E-state index in [0.717, 1.165) is 16.5 Å². The quantitative estimate of drug-likeness (QED) is 0.513. The normalized spacial score (nSPS) is 10.7. The van der Waals surface area contributed by atoms with E-state index in [1.54, 1.807) is 42.6 Å². The van der Waals surface area contributed by atoms with Crippen molar-refractivity contribution in [3.8, 4) is 0 Å². The molecule has 0 saturated heterocycles. The van der Waals surface area contributed by atoms with Gasteiger partial charge in [0.15, 0.2) is 5.76 Å². The summed E-state index contributed by atoms with van der Waals surface area (Å²) >= 11 is 0. The molecule has 0 bridgehead atoms. The third-order valence-electron chi connectivity index (χ3n) is 4.19. The molecule has 7 nitrogen and oxygen atoms in total. The van der Waals surface area contributed by atoms with Gasteiger partial charge in [-0.25, -0.2) is 0 Å². The fourth-order valence-electron chi connectivity index (χ4n) is 2.71. The summed E-state index contributed by atoms with van der Waals surface area (Å²) in [4.78, 5) is 24.8. The Bertz CT molecular complexity index is 1130. The van der Waals surface area contributed by atoms with Crippen LogP contribution in [-0.4, -0.2) is 22.0 Å². The Morgan fingerprint density at radius 1 is 1.04 bits per heavy atom. The molecule has 134 valence electrons. The molecule has 2 aromatic heterocycles. The number of H-pyrrole nitrogens is 1. The number of hydrogen-bond acceptors (Lipinski definition) is 4. The van der Waals surface area contributed by atoms with Crippen molar-refractivity contribution in [1.29, 1.82) is 0 Å². The first-order valence-corrected chi connectivity index (χ1v) is 8.30. The van der Waals surface area contributed by atoms with E-state index in [9.17, 15) is 9.59 Å². The van der Waals surface area contributed by atoms with Crippen LogP contribution in [0.25, 0.3) is 10.9 Å². The first-order chi connectivity index (χ1) is 13.1. The number of fused-ring (bicyclic) bond motifs is 1. The molecular formula is C20H16N4O3. The number of benzene rings is 2. The van der Waals surface area contributed by atoms with Crippen LogP contribution >= 0.6 is 0 Å². The maximum atomic E-state index is 12.6. The number of nitrogens with one attached hydrogen (secondary N) is 3. The highest BCUT2D eigenvalue weighted by Crippen LogP contribution is 2.21. The van der Waals surface area contributed by atoms with Crippen LogP contribution in [-0.2, 0) is 0 Å². The average molecular weight is 360 g/mol. The van der Waals surface area contributed by atoms with E-state index in [1.165, 1.54) is 6.26 Å². The number of aromatic nitrogens is 2. The third-order valence-corrected chi connectivity index (χ3v) is 4.19. The van der Waals surface area contributed by atoms with Crippen molar-refractivity contribution < 1.29 is 14.0 Å². The fraction of sp³-hybridized carbons (Fsp3) is 0.0500. The van der Waals surface area contributed by atoms with Gasteiger partial charge in [-0.15, -0.1) is 0 Å².